The van der Waals surface area contributed by atoms with Crippen LogP contribution in [0.5, 0.6) is 5.75 Å². The van der Waals surface area contributed by atoms with Gasteiger partial charge in [0.1, 0.15) is 5.75 Å². The van der Waals surface area contributed by atoms with Crippen LogP contribution in [0.4, 0.5) is 13.2 Å². The van der Waals surface area contributed by atoms with E-state index in [1.54, 1.807) is 25.3 Å². The number of aliphatic hydroxyl groups excluding tert-OH is 1. The second kappa shape index (κ2) is 12.8. The van der Waals surface area contributed by atoms with Gasteiger partial charge in [-0.2, -0.15) is 0 Å². The minimum absolute atomic E-state index is 0.00487. The quantitative estimate of drug-likeness (QED) is 0.198. The van der Waals surface area contributed by atoms with Crippen molar-refractivity contribution in [3.05, 3.63) is 64.6 Å². The summed E-state index contributed by atoms with van der Waals surface area (Å²) < 4.78 is 45.4. The molecule has 1 aliphatic heterocycles. The Labute approximate surface area is 234 Å². The number of nitrogens with zero attached hydrogens (tertiary/aromatic N) is 2. The van der Waals surface area contributed by atoms with Gasteiger partial charge < -0.3 is 19.8 Å². The summed E-state index contributed by atoms with van der Waals surface area (Å²) in [6.45, 7) is 1.95. The highest BCUT2D eigenvalue weighted by Crippen LogP contribution is 2.43. The van der Waals surface area contributed by atoms with Gasteiger partial charge in [-0.3, -0.25) is 9.78 Å². The number of halogens is 4. The molecule has 0 saturated carbocycles. The Bertz CT molecular complexity index is 1310. The number of pyridine rings is 1. The minimum atomic E-state index is -1.48. The van der Waals surface area contributed by atoms with Crippen LogP contribution in [0.3, 0.4) is 0 Å². The van der Waals surface area contributed by atoms with Crippen LogP contribution in [0.15, 0.2) is 41.4 Å². The fourth-order valence-corrected chi connectivity index (χ4v) is 6.45. The molecule has 11 heteroatoms. The molecular weight excluding hydrogens is 553 g/mol. The maximum atomic E-state index is 13.5. The maximum absolute atomic E-state index is 13.5. The Morgan fingerprint density at radius 2 is 1.90 bits per heavy atom. The number of thioether (sulfide) groups is 1. The van der Waals surface area contributed by atoms with E-state index in [0.29, 0.717) is 83.2 Å². The van der Waals surface area contributed by atoms with Gasteiger partial charge in [-0.15, -0.1) is 11.8 Å². The van der Waals surface area contributed by atoms with E-state index in [2.05, 4.69) is 9.88 Å². The van der Waals surface area contributed by atoms with Crippen LogP contribution in [0, 0.1) is 22.9 Å². The number of hydrogen-bond donors (Lipinski definition) is 2. The minimum Gasteiger partial charge on any atom is -0.497 e. The number of rotatable bonds is 11. The van der Waals surface area contributed by atoms with Crippen molar-refractivity contribution in [3.8, 4) is 5.75 Å². The van der Waals surface area contributed by atoms with Crippen LogP contribution in [-0.4, -0.2) is 58.6 Å². The van der Waals surface area contributed by atoms with Crippen molar-refractivity contribution < 1.29 is 32.9 Å². The van der Waals surface area contributed by atoms with Crippen molar-refractivity contribution in [1.29, 1.82) is 0 Å². The number of carbonyl (C=O) groups is 1. The SMILES string of the molecule is COc1ccc2ncc(Cl)c(C(O)CCC3(CC(=O)O)CCN(CCSc4cc(F)c(F)c(F)c4)CC3)c2c1. The lowest BCUT2D eigenvalue weighted by Gasteiger charge is -2.41. The molecule has 0 radical (unpaired) electrons. The molecule has 1 atom stereocenters. The third kappa shape index (κ3) is 7.16. The molecule has 2 aromatic carbocycles. The summed E-state index contributed by atoms with van der Waals surface area (Å²) in [5.41, 5.74) is 0.744. The predicted molar refractivity (Wildman–Crippen MR) is 145 cm³/mol. The smallest absolute Gasteiger partial charge is 0.303 e. The van der Waals surface area contributed by atoms with Crippen LogP contribution in [-0.2, 0) is 4.79 Å². The highest BCUT2D eigenvalue weighted by molar-refractivity contribution is 7.99. The number of ether oxygens (including phenoxy) is 1. The first-order valence-corrected chi connectivity index (χ1v) is 14.0. The zero-order valence-electron chi connectivity index (χ0n) is 21.4. The van der Waals surface area contributed by atoms with Crippen molar-refractivity contribution in [2.45, 2.75) is 43.1 Å². The molecule has 1 unspecified atom stereocenters. The Hall–Kier alpha value is -2.53. The standard InChI is InChI=1S/C28H30ClF3N2O4S/c1-38-17-2-3-23-19(12-17)26(20(29)16-33-23)24(35)4-5-28(15-25(36)37)6-8-34(9-7-28)10-11-39-18-13-21(30)27(32)22(31)14-18/h2-3,12-14,16,24,35H,4-11,15H2,1H3,(H,36,37). The summed E-state index contributed by atoms with van der Waals surface area (Å²) in [5, 5.41) is 21.9. The number of carboxylic acid groups (broad SMARTS) is 1. The zero-order valence-corrected chi connectivity index (χ0v) is 23.0. The molecule has 2 heterocycles. The first kappa shape index (κ1) is 29.5. The average molecular weight is 583 g/mol. The van der Waals surface area contributed by atoms with Crippen LogP contribution in [0.1, 0.15) is 43.8 Å². The van der Waals surface area contributed by atoms with Crippen molar-refractivity contribution >= 4 is 40.2 Å². The van der Waals surface area contributed by atoms with Crippen molar-refractivity contribution in [3.63, 3.8) is 0 Å². The second-order valence-electron chi connectivity index (χ2n) is 9.92. The van der Waals surface area contributed by atoms with E-state index in [9.17, 15) is 28.2 Å². The molecule has 6 nitrogen and oxygen atoms in total. The lowest BCUT2D eigenvalue weighted by Crippen LogP contribution is -2.42. The van der Waals surface area contributed by atoms with E-state index < -0.39 is 34.9 Å². The highest BCUT2D eigenvalue weighted by atomic mass is 35.5. The molecule has 2 N–H and O–H groups in total. The maximum Gasteiger partial charge on any atom is 0.303 e. The number of benzene rings is 2. The van der Waals surface area contributed by atoms with E-state index >= 15 is 0 Å². The van der Waals surface area contributed by atoms with Gasteiger partial charge >= 0.3 is 5.97 Å². The molecule has 0 bridgehead atoms. The number of likely N-dealkylation sites (tertiary alicyclic amines) is 1. The van der Waals surface area contributed by atoms with Crippen LogP contribution < -0.4 is 4.74 Å². The number of piperidine rings is 1. The van der Waals surface area contributed by atoms with Crippen LogP contribution in [0.25, 0.3) is 10.9 Å². The summed E-state index contributed by atoms with van der Waals surface area (Å²) in [6.07, 6.45) is 2.70. The zero-order chi connectivity index (χ0) is 28.2. The Morgan fingerprint density at radius 3 is 2.54 bits per heavy atom. The summed E-state index contributed by atoms with van der Waals surface area (Å²) >= 11 is 7.68. The summed E-state index contributed by atoms with van der Waals surface area (Å²) in [5.74, 6) is -3.62. The van der Waals surface area contributed by atoms with Gasteiger partial charge in [0, 0.05) is 34.3 Å². The molecule has 4 rings (SSSR count). The molecular formula is C28H30ClF3N2O4S. The Balaban J connectivity index is 1.38. The largest absolute Gasteiger partial charge is 0.497 e. The number of aliphatic hydroxyl groups is 1. The normalized spacial score (nSPS) is 16.4. The topological polar surface area (TPSA) is 82.9 Å². The number of aliphatic carboxylic acids is 1. The Kier molecular flexibility index (Phi) is 9.64. The second-order valence-corrected chi connectivity index (χ2v) is 11.5. The van der Waals surface area contributed by atoms with E-state index in [1.165, 1.54) is 18.0 Å². The van der Waals surface area contributed by atoms with Gasteiger partial charge in [0.2, 0.25) is 0 Å². The molecule has 0 amide bonds. The molecule has 3 aromatic rings. The fraction of sp³-hybridized carbons (Fsp3) is 0.429. The Morgan fingerprint density at radius 1 is 1.21 bits per heavy atom. The predicted octanol–water partition coefficient (Wildman–Crippen LogP) is 6.48. The third-order valence-electron chi connectivity index (χ3n) is 7.43. The number of carboxylic acids is 1. The third-order valence-corrected chi connectivity index (χ3v) is 8.68. The summed E-state index contributed by atoms with van der Waals surface area (Å²) in [7, 11) is 1.55. The fourth-order valence-electron chi connectivity index (χ4n) is 5.22. The number of hydrogen-bond acceptors (Lipinski definition) is 6. The molecule has 1 aromatic heterocycles. The molecule has 210 valence electrons. The van der Waals surface area contributed by atoms with Crippen molar-refractivity contribution in [1.82, 2.24) is 9.88 Å². The van der Waals surface area contributed by atoms with E-state index in [-0.39, 0.29) is 6.42 Å². The first-order chi connectivity index (χ1) is 18.6. The molecule has 39 heavy (non-hydrogen) atoms. The molecule has 1 aliphatic rings. The lowest BCUT2D eigenvalue weighted by molar-refractivity contribution is -0.141. The van der Waals surface area contributed by atoms with E-state index in [1.807, 2.05) is 0 Å². The van der Waals surface area contributed by atoms with Crippen LogP contribution in [0.2, 0.25) is 5.02 Å². The molecule has 1 saturated heterocycles. The van der Waals surface area contributed by atoms with Gasteiger partial charge in [0.25, 0.3) is 0 Å². The average Bonchev–Trinajstić information content (AvgIpc) is 2.90. The number of fused-ring (bicyclic) bond motifs is 1. The number of methoxy groups -OCH3 is 1. The number of aromatic nitrogens is 1. The van der Waals surface area contributed by atoms with E-state index in [0.717, 1.165) is 12.1 Å². The van der Waals surface area contributed by atoms with Crippen molar-refractivity contribution in [2.24, 2.45) is 5.41 Å². The summed E-state index contributed by atoms with van der Waals surface area (Å²) in [4.78, 5) is 18.6. The van der Waals surface area contributed by atoms with Crippen molar-refractivity contribution in [2.75, 3.05) is 32.5 Å². The molecule has 1 fully saturated rings. The first-order valence-electron chi connectivity index (χ1n) is 12.6. The molecule has 0 aliphatic carbocycles. The monoisotopic (exact) mass is 582 g/mol. The molecule has 0 spiro atoms. The van der Waals surface area contributed by atoms with Crippen LogP contribution >= 0.6 is 23.4 Å². The summed E-state index contributed by atoms with van der Waals surface area (Å²) in [6, 6.07) is 7.33. The van der Waals surface area contributed by atoms with Gasteiger partial charge in [0.05, 0.1) is 30.2 Å². The van der Waals surface area contributed by atoms with Gasteiger partial charge in [-0.05, 0) is 74.5 Å². The highest BCUT2D eigenvalue weighted by Gasteiger charge is 2.37. The van der Waals surface area contributed by atoms with E-state index in [4.69, 9.17) is 16.3 Å². The lowest BCUT2D eigenvalue weighted by atomic mass is 9.71. The van der Waals surface area contributed by atoms with Gasteiger partial charge in [0.15, 0.2) is 17.5 Å². The van der Waals surface area contributed by atoms with Gasteiger partial charge in [-0.25, -0.2) is 13.2 Å². The van der Waals surface area contributed by atoms with Gasteiger partial charge in [-0.1, -0.05) is 11.6 Å².